The van der Waals surface area contributed by atoms with Crippen LogP contribution in [0.1, 0.15) is 106 Å². The van der Waals surface area contributed by atoms with E-state index in [1.165, 1.54) is 51.4 Å². The molecule has 1 N–H and O–H groups in total. The number of aliphatic hydroxyl groups is 1. The largest absolute Gasteiger partial charge is 0.393 e. The number of rotatable bonds is 5. The van der Waals surface area contributed by atoms with Crippen molar-refractivity contribution in [2.24, 2.45) is 46.3 Å². The zero-order valence-electron chi connectivity index (χ0n) is 20.7. The summed E-state index contributed by atoms with van der Waals surface area (Å²) >= 11 is 0. The average Bonchev–Trinajstić information content (AvgIpc) is 3.09. The van der Waals surface area contributed by atoms with Gasteiger partial charge in [0.25, 0.3) is 0 Å². The van der Waals surface area contributed by atoms with Crippen LogP contribution in [-0.2, 0) is 0 Å². The van der Waals surface area contributed by atoms with Crippen LogP contribution in [0.25, 0.3) is 0 Å². The van der Waals surface area contributed by atoms with E-state index in [0.717, 1.165) is 48.3 Å². The third kappa shape index (κ3) is 3.66. The van der Waals surface area contributed by atoms with Crippen molar-refractivity contribution in [3.63, 3.8) is 0 Å². The first kappa shape index (κ1) is 22.6. The maximum atomic E-state index is 10.2. The van der Waals surface area contributed by atoms with E-state index in [9.17, 15) is 5.11 Å². The lowest BCUT2D eigenvalue weighted by atomic mass is 9.47. The van der Waals surface area contributed by atoms with Gasteiger partial charge in [0.05, 0.1) is 6.10 Å². The van der Waals surface area contributed by atoms with Crippen LogP contribution in [0, 0.1) is 46.3 Å². The molecule has 0 unspecified atom stereocenters. The second kappa shape index (κ2) is 8.42. The number of hydrogen-bond acceptors (Lipinski definition) is 1. The molecule has 0 radical (unpaired) electrons. The summed E-state index contributed by atoms with van der Waals surface area (Å²) < 4.78 is 0. The number of aliphatic hydroxyl groups excluding tert-OH is 1. The standard InChI is InChI=1S/C29H48O/c1-7-19(2)20(3)8-9-21(4)25-12-13-26-24-11-10-22-18-23(30)14-16-28(22,5)27(24)15-17-29(25,26)6/h7,10,20-21,23-27,30H,8-9,11-18H2,1-6H3/b19-7-/t20-,21+,23-,24-,25+,26-,27-,28-,29+/m0/s1. The summed E-state index contributed by atoms with van der Waals surface area (Å²) in [6.07, 6.45) is 17.8. The quantitative estimate of drug-likeness (QED) is 0.454. The molecule has 0 saturated heterocycles. The van der Waals surface area contributed by atoms with Gasteiger partial charge in [0.2, 0.25) is 0 Å². The Labute approximate surface area is 186 Å². The molecule has 1 heteroatoms. The Hall–Kier alpha value is -0.560. The molecule has 0 bridgehead atoms. The third-order valence-corrected chi connectivity index (χ3v) is 11.1. The van der Waals surface area contributed by atoms with Crippen LogP contribution < -0.4 is 0 Å². The van der Waals surface area contributed by atoms with Crippen molar-refractivity contribution < 1.29 is 5.11 Å². The molecule has 3 saturated carbocycles. The SMILES string of the molecule is C/C=C(/C)[C@@H](C)CC[C@@H](C)[C@H]1CC[C@H]2[C@@H]3CC=C4C[C@@H](O)CC[C@]4(C)[C@H]3CC[C@]12C. The van der Waals surface area contributed by atoms with Crippen molar-refractivity contribution in [2.75, 3.05) is 0 Å². The van der Waals surface area contributed by atoms with E-state index < -0.39 is 0 Å². The van der Waals surface area contributed by atoms with E-state index in [1.807, 2.05) is 0 Å². The molecule has 4 aliphatic carbocycles. The van der Waals surface area contributed by atoms with Gasteiger partial charge in [0.15, 0.2) is 0 Å². The molecule has 3 fully saturated rings. The first-order chi connectivity index (χ1) is 14.2. The summed E-state index contributed by atoms with van der Waals surface area (Å²) in [5.74, 6) is 5.22. The molecule has 0 spiro atoms. The molecular weight excluding hydrogens is 364 g/mol. The Balaban J connectivity index is 1.47. The number of allylic oxidation sites excluding steroid dienone is 3. The normalized spacial score (nSPS) is 45.8. The summed E-state index contributed by atoms with van der Waals surface area (Å²) in [7, 11) is 0. The van der Waals surface area contributed by atoms with Crippen LogP contribution in [0.4, 0.5) is 0 Å². The van der Waals surface area contributed by atoms with Crippen LogP contribution >= 0.6 is 0 Å². The van der Waals surface area contributed by atoms with Gasteiger partial charge in [-0.1, -0.05) is 51.0 Å². The van der Waals surface area contributed by atoms with Crippen molar-refractivity contribution in [3.8, 4) is 0 Å². The predicted octanol–water partition coefficient (Wildman–Crippen LogP) is 7.94. The molecule has 0 amide bonds. The van der Waals surface area contributed by atoms with Gasteiger partial charge in [-0.05, 0) is 124 Å². The van der Waals surface area contributed by atoms with Crippen molar-refractivity contribution in [2.45, 2.75) is 112 Å². The molecule has 0 aromatic rings. The van der Waals surface area contributed by atoms with Gasteiger partial charge in [0.1, 0.15) is 0 Å². The highest BCUT2D eigenvalue weighted by Gasteiger charge is 2.59. The Bertz CT molecular complexity index is 688. The first-order valence-electron chi connectivity index (χ1n) is 13.2. The minimum atomic E-state index is -0.0833. The molecule has 170 valence electrons. The zero-order chi connectivity index (χ0) is 21.7. The number of hydrogen-bond donors (Lipinski definition) is 1. The molecule has 1 nitrogen and oxygen atoms in total. The maximum Gasteiger partial charge on any atom is 0.0577 e. The van der Waals surface area contributed by atoms with E-state index in [-0.39, 0.29) is 6.10 Å². The lowest BCUT2D eigenvalue weighted by Crippen LogP contribution is -2.50. The first-order valence-corrected chi connectivity index (χ1v) is 13.2. The van der Waals surface area contributed by atoms with Gasteiger partial charge in [-0.25, -0.2) is 0 Å². The summed E-state index contributed by atoms with van der Waals surface area (Å²) in [6, 6.07) is 0. The zero-order valence-corrected chi connectivity index (χ0v) is 20.7. The third-order valence-electron chi connectivity index (χ3n) is 11.1. The van der Waals surface area contributed by atoms with E-state index in [0.29, 0.717) is 10.8 Å². The minimum absolute atomic E-state index is 0.0833. The highest BCUT2D eigenvalue weighted by molar-refractivity contribution is 5.25. The van der Waals surface area contributed by atoms with Crippen LogP contribution in [-0.4, -0.2) is 11.2 Å². The van der Waals surface area contributed by atoms with Gasteiger partial charge >= 0.3 is 0 Å². The van der Waals surface area contributed by atoms with Gasteiger partial charge < -0.3 is 5.11 Å². The van der Waals surface area contributed by atoms with E-state index in [2.05, 4.69) is 53.7 Å². The fourth-order valence-corrected chi connectivity index (χ4v) is 8.84. The topological polar surface area (TPSA) is 20.2 Å². The molecule has 4 aliphatic rings. The van der Waals surface area contributed by atoms with Crippen molar-refractivity contribution in [3.05, 3.63) is 23.3 Å². The molecule has 9 atom stereocenters. The van der Waals surface area contributed by atoms with E-state index in [4.69, 9.17) is 0 Å². The monoisotopic (exact) mass is 412 g/mol. The minimum Gasteiger partial charge on any atom is -0.393 e. The summed E-state index contributed by atoms with van der Waals surface area (Å²) in [5.41, 5.74) is 4.12. The Morgan fingerprint density at radius 2 is 1.87 bits per heavy atom. The summed E-state index contributed by atoms with van der Waals surface area (Å²) in [5, 5.41) is 10.2. The van der Waals surface area contributed by atoms with Crippen molar-refractivity contribution >= 4 is 0 Å². The fourth-order valence-electron chi connectivity index (χ4n) is 8.84. The maximum absolute atomic E-state index is 10.2. The van der Waals surface area contributed by atoms with Crippen LogP contribution in [0.15, 0.2) is 23.3 Å². The molecule has 0 aromatic heterocycles. The Morgan fingerprint density at radius 3 is 2.60 bits per heavy atom. The highest BCUT2D eigenvalue weighted by atomic mass is 16.3. The highest BCUT2D eigenvalue weighted by Crippen LogP contribution is 2.67. The van der Waals surface area contributed by atoms with E-state index in [1.54, 1.807) is 11.1 Å². The summed E-state index contributed by atoms with van der Waals surface area (Å²) in [4.78, 5) is 0. The van der Waals surface area contributed by atoms with Gasteiger partial charge in [-0.15, -0.1) is 0 Å². The predicted molar refractivity (Wildman–Crippen MR) is 128 cm³/mol. The Morgan fingerprint density at radius 1 is 1.10 bits per heavy atom. The molecule has 0 aromatic carbocycles. The fraction of sp³-hybridized carbons (Fsp3) is 0.862. The molecule has 0 heterocycles. The van der Waals surface area contributed by atoms with Crippen LogP contribution in [0.2, 0.25) is 0 Å². The molecule has 0 aliphatic heterocycles. The van der Waals surface area contributed by atoms with Crippen LogP contribution in [0.3, 0.4) is 0 Å². The van der Waals surface area contributed by atoms with E-state index >= 15 is 0 Å². The van der Waals surface area contributed by atoms with Gasteiger partial charge in [0, 0.05) is 0 Å². The smallest absolute Gasteiger partial charge is 0.0577 e. The molecule has 30 heavy (non-hydrogen) atoms. The van der Waals surface area contributed by atoms with Crippen molar-refractivity contribution in [1.29, 1.82) is 0 Å². The van der Waals surface area contributed by atoms with Gasteiger partial charge in [-0.3, -0.25) is 0 Å². The lowest BCUT2D eigenvalue weighted by Gasteiger charge is -2.58. The second-order valence-electron chi connectivity index (χ2n) is 12.4. The second-order valence-corrected chi connectivity index (χ2v) is 12.4. The lowest BCUT2D eigenvalue weighted by molar-refractivity contribution is -0.0573. The van der Waals surface area contributed by atoms with Gasteiger partial charge in [-0.2, -0.15) is 0 Å². The number of fused-ring (bicyclic) bond motifs is 5. The molecule has 4 rings (SSSR count). The average molecular weight is 413 g/mol. The van der Waals surface area contributed by atoms with Crippen molar-refractivity contribution in [1.82, 2.24) is 0 Å². The Kier molecular flexibility index (Phi) is 6.35. The molecular formula is C29H48O. The summed E-state index contributed by atoms with van der Waals surface area (Å²) in [6.45, 7) is 14.7. The van der Waals surface area contributed by atoms with Crippen LogP contribution in [0.5, 0.6) is 0 Å².